The van der Waals surface area contributed by atoms with Crippen molar-refractivity contribution >= 4 is 0 Å². The van der Waals surface area contributed by atoms with Gasteiger partial charge in [-0.15, -0.1) is 0 Å². The van der Waals surface area contributed by atoms with E-state index in [1.807, 2.05) is 36.4 Å². The minimum atomic E-state index is 0.412. The van der Waals surface area contributed by atoms with Crippen molar-refractivity contribution in [2.75, 3.05) is 13.2 Å². The molecule has 2 aromatic rings. The van der Waals surface area contributed by atoms with Gasteiger partial charge in [0.05, 0.1) is 11.6 Å². The lowest BCUT2D eigenvalue weighted by Crippen LogP contribution is -2.15. The van der Waals surface area contributed by atoms with E-state index in [4.69, 9.17) is 19.5 Å². The number of benzene rings is 2. The second-order valence-electron chi connectivity index (χ2n) is 4.41. The minimum Gasteiger partial charge on any atom is -0.489 e. The van der Waals surface area contributed by atoms with Crippen LogP contribution in [0.15, 0.2) is 42.5 Å². The molecule has 0 amide bonds. The molecular weight excluding hydrogens is 254 g/mol. The van der Waals surface area contributed by atoms with Gasteiger partial charge in [-0.25, -0.2) is 0 Å². The van der Waals surface area contributed by atoms with Crippen LogP contribution in [0.4, 0.5) is 0 Å². The third-order valence-corrected chi connectivity index (χ3v) is 2.98. The van der Waals surface area contributed by atoms with Crippen molar-refractivity contribution in [3.63, 3.8) is 0 Å². The van der Waals surface area contributed by atoms with Crippen molar-refractivity contribution < 1.29 is 14.2 Å². The molecule has 0 saturated heterocycles. The van der Waals surface area contributed by atoms with Gasteiger partial charge in [0.25, 0.3) is 0 Å². The van der Waals surface area contributed by atoms with Crippen molar-refractivity contribution in [3.05, 3.63) is 53.6 Å². The van der Waals surface area contributed by atoms with Gasteiger partial charge in [-0.2, -0.15) is 5.26 Å². The zero-order valence-corrected chi connectivity index (χ0v) is 10.8. The van der Waals surface area contributed by atoms with Crippen molar-refractivity contribution in [2.24, 2.45) is 0 Å². The molecule has 1 aliphatic rings. The van der Waals surface area contributed by atoms with Gasteiger partial charge in [-0.05, 0) is 29.8 Å². The highest BCUT2D eigenvalue weighted by molar-refractivity contribution is 5.46. The molecule has 3 rings (SSSR count). The van der Waals surface area contributed by atoms with Gasteiger partial charge in [-0.1, -0.05) is 12.1 Å². The molecule has 20 heavy (non-hydrogen) atoms. The summed E-state index contributed by atoms with van der Waals surface area (Å²) in [4.78, 5) is 0. The average molecular weight is 267 g/mol. The first kappa shape index (κ1) is 12.4. The summed E-state index contributed by atoms with van der Waals surface area (Å²) >= 11 is 0. The van der Waals surface area contributed by atoms with Crippen LogP contribution in [0.5, 0.6) is 17.2 Å². The number of rotatable bonds is 3. The molecule has 4 nitrogen and oxygen atoms in total. The lowest BCUT2D eigenvalue weighted by molar-refractivity contribution is 0.170. The summed E-state index contributed by atoms with van der Waals surface area (Å²) in [7, 11) is 0. The van der Waals surface area contributed by atoms with Gasteiger partial charge in [-0.3, -0.25) is 0 Å². The third kappa shape index (κ3) is 2.67. The fourth-order valence-corrected chi connectivity index (χ4v) is 2.01. The first-order chi connectivity index (χ1) is 9.85. The molecule has 0 bridgehead atoms. The van der Waals surface area contributed by atoms with Crippen molar-refractivity contribution in [1.82, 2.24) is 0 Å². The van der Waals surface area contributed by atoms with E-state index in [-0.39, 0.29) is 0 Å². The number of nitrogens with zero attached hydrogens (tertiary/aromatic N) is 1. The smallest absolute Gasteiger partial charge is 0.165 e. The topological polar surface area (TPSA) is 51.5 Å². The van der Waals surface area contributed by atoms with Crippen LogP contribution in [0, 0.1) is 11.3 Å². The molecule has 0 saturated carbocycles. The van der Waals surface area contributed by atoms with Gasteiger partial charge in [0.2, 0.25) is 0 Å². The summed E-state index contributed by atoms with van der Waals surface area (Å²) < 4.78 is 16.7. The Morgan fingerprint density at radius 1 is 1.05 bits per heavy atom. The SMILES string of the molecule is N#Cc1cccc(COc2ccc3c(c2)OCCO3)c1. The molecule has 0 unspecified atom stereocenters. The monoisotopic (exact) mass is 267 g/mol. The number of hydrogen-bond donors (Lipinski definition) is 0. The number of ether oxygens (including phenoxy) is 3. The van der Waals surface area contributed by atoms with E-state index in [0.717, 1.165) is 17.1 Å². The molecule has 0 aliphatic carbocycles. The van der Waals surface area contributed by atoms with Gasteiger partial charge >= 0.3 is 0 Å². The molecule has 0 radical (unpaired) electrons. The largest absolute Gasteiger partial charge is 0.489 e. The average Bonchev–Trinajstić information content (AvgIpc) is 2.53. The fourth-order valence-electron chi connectivity index (χ4n) is 2.01. The van der Waals surface area contributed by atoms with Gasteiger partial charge in [0, 0.05) is 6.07 Å². The molecule has 1 heterocycles. The van der Waals surface area contributed by atoms with Crippen LogP contribution in [0.25, 0.3) is 0 Å². The molecule has 0 spiro atoms. The number of fused-ring (bicyclic) bond motifs is 1. The molecular formula is C16H13NO3. The summed E-state index contributed by atoms with van der Waals surface area (Å²) in [5.74, 6) is 2.17. The van der Waals surface area contributed by atoms with Crippen LogP contribution in [-0.2, 0) is 6.61 Å². The molecule has 0 N–H and O–H groups in total. The standard InChI is InChI=1S/C16H13NO3/c17-10-12-2-1-3-13(8-12)11-20-14-4-5-15-16(9-14)19-7-6-18-15/h1-5,8-9H,6-7,11H2. The normalized spacial score (nSPS) is 12.6. The zero-order valence-electron chi connectivity index (χ0n) is 10.8. The van der Waals surface area contributed by atoms with E-state index < -0.39 is 0 Å². The fraction of sp³-hybridized carbons (Fsp3) is 0.188. The van der Waals surface area contributed by atoms with E-state index in [1.54, 1.807) is 6.07 Å². The zero-order chi connectivity index (χ0) is 13.8. The Hall–Kier alpha value is -2.67. The van der Waals surface area contributed by atoms with Gasteiger partial charge in [0.15, 0.2) is 11.5 Å². The molecule has 0 fully saturated rings. The van der Waals surface area contributed by atoms with Crippen molar-refractivity contribution in [2.45, 2.75) is 6.61 Å². The molecule has 100 valence electrons. The second-order valence-corrected chi connectivity index (χ2v) is 4.41. The van der Waals surface area contributed by atoms with E-state index in [1.165, 1.54) is 0 Å². The van der Waals surface area contributed by atoms with E-state index in [2.05, 4.69) is 6.07 Å². The Kier molecular flexibility index (Phi) is 3.42. The van der Waals surface area contributed by atoms with E-state index >= 15 is 0 Å². The van der Waals surface area contributed by atoms with Crippen molar-refractivity contribution in [3.8, 4) is 23.3 Å². The Bertz CT molecular complexity index is 661. The predicted octanol–water partition coefficient (Wildman–Crippen LogP) is 2.91. The summed E-state index contributed by atoms with van der Waals surface area (Å²) in [6.45, 7) is 1.55. The minimum absolute atomic E-state index is 0.412. The first-order valence-corrected chi connectivity index (χ1v) is 6.36. The molecule has 0 atom stereocenters. The van der Waals surface area contributed by atoms with Crippen LogP contribution in [0.3, 0.4) is 0 Å². The lowest BCUT2D eigenvalue weighted by atomic mass is 10.1. The maximum absolute atomic E-state index is 8.86. The second kappa shape index (κ2) is 5.54. The van der Waals surface area contributed by atoms with E-state index in [0.29, 0.717) is 31.1 Å². The molecule has 4 heteroatoms. The number of hydrogen-bond acceptors (Lipinski definition) is 4. The van der Waals surface area contributed by atoms with E-state index in [9.17, 15) is 0 Å². The van der Waals surface area contributed by atoms with Crippen LogP contribution in [0.1, 0.15) is 11.1 Å². The Balaban J connectivity index is 1.70. The van der Waals surface area contributed by atoms with Crippen LogP contribution < -0.4 is 14.2 Å². The third-order valence-electron chi connectivity index (χ3n) is 2.98. The summed E-state index contributed by atoms with van der Waals surface area (Å²) in [5.41, 5.74) is 1.59. The highest BCUT2D eigenvalue weighted by Gasteiger charge is 2.12. The highest BCUT2D eigenvalue weighted by atomic mass is 16.6. The maximum Gasteiger partial charge on any atom is 0.165 e. The summed E-state index contributed by atoms with van der Waals surface area (Å²) in [5, 5.41) is 8.86. The molecule has 0 aromatic heterocycles. The highest BCUT2D eigenvalue weighted by Crippen LogP contribution is 2.33. The van der Waals surface area contributed by atoms with Crippen LogP contribution in [0.2, 0.25) is 0 Å². The van der Waals surface area contributed by atoms with Crippen molar-refractivity contribution in [1.29, 1.82) is 5.26 Å². The first-order valence-electron chi connectivity index (χ1n) is 6.36. The van der Waals surface area contributed by atoms with Gasteiger partial charge < -0.3 is 14.2 Å². The Morgan fingerprint density at radius 3 is 2.75 bits per heavy atom. The predicted molar refractivity (Wildman–Crippen MR) is 72.9 cm³/mol. The summed E-state index contributed by atoms with van der Waals surface area (Å²) in [6, 6.07) is 15.0. The Morgan fingerprint density at radius 2 is 1.90 bits per heavy atom. The molecule has 2 aromatic carbocycles. The number of nitriles is 1. The van der Waals surface area contributed by atoms with Crippen LogP contribution >= 0.6 is 0 Å². The lowest BCUT2D eigenvalue weighted by Gasteiger charge is -2.18. The van der Waals surface area contributed by atoms with Crippen LogP contribution in [-0.4, -0.2) is 13.2 Å². The maximum atomic E-state index is 8.86. The van der Waals surface area contributed by atoms with Gasteiger partial charge in [0.1, 0.15) is 25.6 Å². The summed E-state index contributed by atoms with van der Waals surface area (Å²) in [6.07, 6.45) is 0. The molecule has 1 aliphatic heterocycles. The quantitative estimate of drug-likeness (QED) is 0.858. The Labute approximate surface area is 117 Å².